The summed E-state index contributed by atoms with van der Waals surface area (Å²) in [7, 11) is 0. The number of nitrogens with two attached hydrogens (primary N) is 1. The summed E-state index contributed by atoms with van der Waals surface area (Å²) in [5.41, 5.74) is 6.31. The van der Waals surface area contributed by atoms with E-state index in [1.807, 2.05) is 6.92 Å². The number of nitro benzene ring substituents is 1. The maximum absolute atomic E-state index is 10.8. The summed E-state index contributed by atoms with van der Waals surface area (Å²) in [5.74, 6) is -0.334. The first-order valence-electron chi connectivity index (χ1n) is 5.31. The monoisotopic (exact) mass is 300 g/mol. The molecule has 1 aromatic rings. The van der Waals surface area contributed by atoms with Crippen molar-refractivity contribution in [1.82, 2.24) is 0 Å². The van der Waals surface area contributed by atoms with Gasteiger partial charge in [0.05, 0.1) is 9.40 Å². The number of rotatable bonds is 3. The van der Waals surface area contributed by atoms with E-state index in [-0.39, 0.29) is 22.9 Å². The molecule has 2 rings (SSSR count). The Morgan fingerprint density at radius 1 is 1.59 bits per heavy atom. The van der Waals surface area contributed by atoms with Crippen molar-refractivity contribution in [3.63, 3.8) is 0 Å². The zero-order chi connectivity index (χ0) is 12.8. The molecule has 92 valence electrons. The molecule has 1 aromatic carbocycles. The molecule has 0 bridgehead atoms. The van der Waals surface area contributed by atoms with Crippen LogP contribution in [0.25, 0.3) is 0 Å². The Hall–Kier alpha value is -1.14. The number of nitrogens with zero attached hydrogens (tertiary/aromatic N) is 1. The minimum Gasteiger partial charge on any atom is -0.501 e. The van der Waals surface area contributed by atoms with Crippen molar-refractivity contribution in [2.45, 2.75) is 31.2 Å². The van der Waals surface area contributed by atoms with Crippen LogP contribution >= 0.6 is 15.9 Å². The number of benzene rings is 1. The fourth-order valence-corrected chi connectivity index (χ4v) is 2.60. The van der Waals surface area contributed by atoms with Gasteiger partial charge in [-0.3, -0.25) is 10.1 Å². The van der Waals surface area contributed by atoms with Crippen molar-refractivity contribution < 1.29 is 10.0 Å². The van der Waals surface area contributed by atoms with Crippen LogP contribution in [0, 0.1) is 10.1 Å². The third kappa shape index (κ3) is 1.91. The summed E-state index contributed by atoms with van der Waals surface area (Å²) in [4.78, 5) is 10.3. The number of phenolic OH excluding ortho intramolecular Hbond substituents is 1. The molecule has 1 unspecified atom stereocenters. The molecule has 17 heavy (non-hydrogen) atoms. The maximum Gasteiger partial charge on any atom is 0.312 e. The summed E-state index contributed by atoms with van der Waals surface area (Å²) in [5, 5.41) is 20.4. The molecular formula is C11H13BrN2O3. The van der Waals surface area contributed by atoms with Gasteiger partial charge in [-0.05, 0) is 47.3 Å². The van der Waals surface area contributed by atoms with E-state index in [0.29, 0.717) is 4.47 Å². The van der Waals surface area contributed by atoms with E-state index in [1.165, 1.54) is 6.07 Å². The minimum atomic E-state index is -0.582. The van der Waals surface area contributed by atoms with E-state index >= 15 is 0 Å². The predicted octanol–water partition coefficient (Wildman–Crippen LogP) is 2.44. The first-order valence-corrected chi connectivity index (χ1v) is 6.11. The van der Waals surface area contributed by atoms with E-state index < -0.39 is 4.92 Å². The molecule has 3 N–H and O–H groups in total. The van der Waals surface area contributed by atoms with Gasteiger partial charge in [-0.2, -0.15) is 0 Å². The molecule has 0 aromatic heterocycles. The molecule has 5 nitrogen and oxygen atoms in total. The molecule has 0 saturated heterocycles. The molecule has 0 aliphatic heterocycles. The third-order valence-corrected chi connectivity index (χ3v) is 4.08. The summed E-state index contributed by atoms with van der Waals surface area (Å²) in [6.45, 7) is 1.90. The average Bonchev–Trinajstić information content (AvgIpc) is 3.02. The van der Waals surface area contributed by atoms with Crippen LogP contribution in [0.15, 0.2) is 16.6 Å². The average molecular weight is 301 g/mol. The molecule has 0 spiro atoms. The molecule has 0 amide bonds. The van der Waals surface area contributed by atoms with E-state index in [9.17, 15) is 15.2 Å². The van der Waals surface area contributed by atoms with Crippen LogP contribution < -0.4 is 5.73 Å². The number of aromatic hydroxyl groups is 1. The van der Waals surface area contributed by atoms with E-state index in [1.54, 1.807) is 6.07 Å². The van der Waals surface area contributed by atoms with Gasteiger partial charge in [0, 0.05) is 17.5 Å². The van der Waals surface area contributed by atoms with Crippen LogP contribution in [-0.4, -0.2) is 16.1 Å². The Morgan fingerprint density at radius 2 is 2.18 bits per heavy atom. The summed E-state index contributed by atoms with van der Waals surface area (Å²) >= 11 is 3.14. The van der Waals surface area contributed by atoms with Crippen LogP contribution in [-0.2, 0) is 5.41 Å². The lowest BCUT2D eigenvalue weighted by molar-refractivity contribution is -0.386. The minimum absolute atomic E-state index is 0.0569. The van der Waals surface area contributed by atoms with E-state index in [2.05, 4.69) is 15.9 Å². The second kappa shape index (κ2) is 3.96. The zero-order valence-corrected chi connectivity index (χ0v) is 10.9. The van der Waals surface area contributed by atoms with Crippen molar-refractivity contribution >= 4 is 21.6 Å². The quantitative estimate of drug-likeness (QED) is 0.663. The number of nitro groups is 1. The van der Waals surface area contributed by atoms with E-state index in [0.717, 1.165) is 18.4 Å². The number of hydrogen-bond donors (Lipinski definition) is 2. The second-order valence-corrected chi connectivity index (χ2v) is 5.38. The maximum atomic E-state index is 10.8. The lowest BCUT2D eigenvalue weighted by Crippen LogP contribution is -2.31. The summed E-state index contributed by atoms with van der Waals surface area (Å²) in [6.07, 6.45) is 1.86. The standard InChI is InChI=1S/C11H13BrN2O3/c1-6(13)11(2-3-11)7-4-8(12)10(15)9(5-7)14(16)17/h4-6,15H,2-3,13H2,1H3. The highest BCUT2D eigenvalue weighted by molar-refractivity contribution is 9.10. The van der Waals surface area contributed by atoms with Gasteiger partial charge in [-0.15, -0.1) is 0 Å². The highest BCUT2D eigenvalue weighted by Crippen LogP contribution is 2.52. The summed E-state index contributed by atoms with van der Waals surface area (Å²) in [6, 6.07) is 3.09. The molecule has 1 atom stereocenters. The van der Waals surface area contributed by atoms with Gasteiger partial charge in [0.15, 0.2) is 0 Å². The van der Waals surface area contributed by atoms with Gasteiger partial charge in [-0.25, -0.2) is 0 Å². The molecule has 1 aliphatic rings. The Morgan fingerprint density at radius 3 is 2.59 bits per heavy atom. The predicted molar refractivity (Wildman–Crippen MR) is 67.0 cm³/mol. The largest absolute Gasteiger partial charge is 0.501 e. The molecule has 1 saturated carbocycles. The van der Waals surface area contributed by atoms with Crippen molar-refractivity contribution in [1.29, 1.82) is 0 Å². The van der Waals surface area contributed by atoms with Gasteiger partial charge in [0.25, 0.3) is 0 Å². The van der Waals surface area contributed by atoms with Crippen molar-refractivity contribution in [3.05, 3.63) is 32.3 Å². The van der Waals surface area contributed by atoms with Gasteiger partial charge in [-0.1, -0.05) is 0 Å². The van der Waals surface area contributed by atoms with Crippen LogP contribution in [0.1, 0.15) is 25.3 Å². The zero-order valence-electron chi connectivity index (χ0n) is 9.31. The SMILES string of the molecule is CC(N)C1(c2cc(Br)c(O)c([N+](=O)[O-])c2)CC1. The second-order valence-electron chi connectivity index (χ2n) is 4.53. The Bertz CT molecular complexity index is 484. The van der Waals surface area contributed by atoms with Crippen LogP contribution in [0.3, 0.4) is 0 Å². The Balaban J connectivity index is 2.54. The smallest absolute Gasteiger partial charge is 0.312 e. The molecule has 0 radical (unpaired) electrons. The molecule has 0 heterocycles. The number of hydrogen-bond acceptors (Lipinski definition) is 4. The fraction of sp³-hybridized carbons (Fsp3) is 0.455. The number of halogens is 1. The van der Waals surface area contributed by atoms with Gasteiger partial charge in [0.2, 0.25) is 5.75 Å². The normalized spacial score (nSPS) is 18.8. The van der Waals surface area contributed by atoms with Crippen molar-refractivity contribution in [3.8, 4) is 5.75 Å². The highest BCUT2D eigenvalue weighted by Gasteiger charge is 2.48. The molecular weight excluding hydrogens is 288 g/mol. The van der Waals surface area contributed by atoms with Gasteiger partial charge in [0.1, 0.15) is 0 Å². The van der Waals surface area contributed by atoms with Gasteiger partial charge >= 0.3 is 5.69 Å². The van der Waals surface area contributed by atoms with Crippen LogP contribution in [0.2, 0.25) is 0 Å². The Labute approximate surface area is 107 Å². The third-order valence-electron chi connectivity index (χ3n) is 3.48. The van der Waals surface area contributed by atoms with E-state index in [4.69, 9.17) is 5.73 Å². The van der Waals surface area contributed by atoms with Crippen molar-refractivity contribution in [2.75, 3.05) is 0 Å². The van der Waals surface area contributed by atoms with Crippen LogP contribution in [0.5, 0.6) is 5.75 Å². The van der Waals surface area contributed by atoms with Crippen LogP contribution in [0.4, 0.5) is 5.69 Å². The first kappa shape index (κ1) is 12.3. The fourth-order valence-electron chi connectivity index (χ4n) is 2.15. The number of phenols is 1. The first-order chi connectivity index (χ1) is 7.88. The summed E-state index contributed by atoms with van der Waals surface area (Å²) < 4.78 is 0.341. The Kier molecular flexibility index (Phi) is 2.87. The molecule has 1 aliphatic carbocycles. The highest BCUT2D eigenvalue weighted by atomic mass is 79.9. The molecule has 6 heteroatoms. The van der Waals surface area contributed by atoms with Gasteiger partial charge < -0.3 is 10.8 Å². The topological polar surface area (TPSA) is 89.4 Å². The lowest BCUT2D eigenvalue weighted by atomic mass is 9.89. The van der Waals surface area contributed by atoms with Crippen molar-refractivity contribution in [2.24, 2.45) is 5.73 Å². The lowest BCUT2D eigenvalue weighted by Gasteiger charge is -2.20. The molecule has 1 fully saturated rings.